The maximum absolute atomic E-state index is 9.65. The zero-order valence-electron chi connectivity index (χ0n) is 11.1. The molecule has 0 saturated carbocycles. The molecular formula is C11H22O10. The van der Waals surface area contributed by atoms with Crippen molar-refractivity contribution in [2.24, 2.45) is 0 Å². The Balaban J connectivity index is 2.53. The van der Waals surface area contributed by atoms with E-state index in [1.165, 1.54) is 0 Å². The van der Waals surface area contributed by atoms with Gasteiger partial charge in [0, 0.05) is 0 Å². The molecule has 1 saturated heterocycles. The Morgan fingerprint density at radius 3 is 2.05 bits per heavy atom. The number of rotatable bonds is 7. The molecule has 1 fully saturated rings. The van der Waals surface area contributed by atoms with Gasteiger partial charge < -0.3 is 50.3 Å². The molecule has 0 aliphatic carbocycles. The first-order valence-electron chi connectivity index (χ1n) is 6.40. The molecule has 8 N–H and O–H groups in total. The quantitative estimate of drug-likeness (QED) is 0.226. The molecule has 21 heavy (non-hydrogen) atoms. The van der Waals surface area contributed by atoms with Crippen molar-refractivity contribution in [3.05, 3.63) is 0 Å². The van der Waals surface area contributed by atoms with Gasteiger partial charge in [-0.25, -0.2) is 0 Å². The summed E-state index contributed by atoms with van der Waals surface area (Å²) >= 11 is 0. The van der Waals surface area contributed by atoms with Gasteiger partial charge >= 0.3 is 0 Å². The standard InChI is InChI=1S/C11H22O10/c12-1-4(14)7(16)5(15)3-20-11-10(19)9(18)8(17)6(2-13)21-11/h4-19H,1-3H2/t4-,5+,6+,7+,8+,9-,10+,11-/m0/s1. The van der Waals surface area contributed by atoms with E-state index in [1.54, 1.807) is 0 Å². The van der Waals surface area contributed by atoms with E-state index in [0.29, 0.717) is 0 Å². The summed E-state index contributed by atoms with van der Waals surface area (Å²) in [4.78, 5) is 0. The molecule has 10 heteroatoms. The predicted molar refractivity (Wildman–Crippen MR) is 64.8 cm³/mol. The van der Waals surface area contributed by atoms with E-state index in [1.807, 2.05) is 0 Å². The molecule has 1 rings (SSSR count). The van der Waals surface area contributed by atoms with Crippen molar-refractivity contribution in [3.8, 4) is 0 Å². The van der Waals surface area contributed by atoms with Gasteiger partial charge in [0.25, 0.3) is 0 Å². The van der Waals surface area contributed by atoms with Crippen molar-refractivity contribution in [2.45, 2.75) is 49.0 Å². The van der Waals surface area contributed by atoms with Crippen molar-refractivity contribution in [3.63, 3.8) is 0 Å². The summed E-state index contributed by atoms with van der Waals surface area (Å²) in [6.45, 7) is -1.97. The van der Waals surface area contributed by atoms with Crippen LogP contribution in [0.1, 0.15) is 0 Å². The molecule has 0 aromatic rings. The lowest BCUT2D eigenvalue weighted by atomic mass is 9.99. The first kappa shape index (κ1) is 18.6. The molecule has 0 radical (unpaired) electrons. The fourth-order valence-electron chi connectivity index (χ4n) is 1.86. The van der Waals surface area contributed by atoms with Crippen LogP contribution in [0.3, 0.4) is 0 Å². The Morgan fingerprint density at radius 1 is 0.905 bits per heavy atom. The summed E-state index contributed by atoms with van der Waals surface area (Å²) in [5.74, 6) is 0. The first-order valence-corrected chi connectivity index (χ1v) is 6.40. The predicted octanol–water partition coefficient (Wildman–Crippen LogP) is -5.12. The molecule has 0 unspecified atom stereocenters. The van der Waals surface area contributed by atoms with Crippen LogP contribution >= 0.6 is 0 Å². The van der Waals surface area contributed by atoms with Crippen LogP contribution in [0.5, 0.6) is 0 Å². The van der Waals surface area contributed by atoms with Crippen molar-refractivity contribution < 1.29 is 50.3 Å². The van der Waals surface area contributed by atoms with E-state index in [2.05, 4.69) is 0 Å². The summed E-state index contributed by atoms with van der Waals surface area (Å²) < 4.78 is 9.98. The Morgan fingerprint density at radius 2 is 1.52 bits per heavy atom. The molecule has 0 aromatic carbocycles. The summed E-state index contributed by atoms with van der Waals surface area (Å²) in [6.07, 6.45) is -12.2. The molecule has 8 atom stereocenters. The summed E-state index contributed by atoms with van der Waals surface area (Å²) in [5.41, 5.74) is 0. The zero-order chi connectivity index (χ0) is 16.2. The average Bonchev–Trinajstić information content (AvgIpc) is 2.50. The van der Waals surface area contributed by atoms with Crippen molar-refractivity contribution in [1.82, 2.24) is 0 Å². The third-order valence-electron chi connectivity index (χ3n) is 3.26. The van der Waals surface area contributed by atoms with Gasteiger partial charge in [-0.15, -0.1) is 0 Å². The van der Waals surface area contributed by atoms with Gasteiger partial charge in [0.15, 0.2) is 6.29 Å². The Hall–Kier alpha value is -0.400. The second kappa shape index (κ2) is 8.29. The van der Waals surface area contributed by atoms with E-state index in [-0.39, 0.29) is 0 Å². The molecular weight excluding hydrogens is 292 g/mol. The lowest BCUT2D eigenvalue weighted by molar-refractivity contribution is -0.306. The second-order valence-electron chi connectivity index (χ2n) is 4.84. The largest absolute Gasteiger partial charge is 0.394 e. The highest BCUT2D eigenvalue weighted by atomic mass is 16.7. The lowest BCUT2D eigenvalue weighted by Gasteiger charge is -2.40. The van der Waals surface area contributed by atoms with Crippen molar-refractivity contribution in [1.29, 1.82) is 0 Å². The van der Waals surface area contributed by atoms with Crippen LogP contribution in [0.15, 0.2) is 0 Å². The monoisotopic (exact) mass is 314 g/mol. The Kier molecular flexibility index (Phi) is 7.36. The average molecular weight is 314 g/mol. The second-order valence-corrected chi connectivity index (χ2v) is 4.84. The van der Waals surface area contributed by atoms with Gasteiger partial charge in [-0.2, -0.15) is 0 Å². The topological polar surface area (TPSA) is 180 Å². The van der Waals surface area contributed by atoms with E-state index >= 15 is 0 Å². The fourth-order valence-corrected chi connectivity index (χ4v) is 1.86. The molecule has 10 nitrogen and oxygen atoms in total. The molecule has 0 amide bonds. The number of hydrogen-bond acceptors (Lipinski definition) is 10. The van der Waals surface area contributed by atoms with Gasteiger partial charge in [-0.05, 0) is 0 Å². The molecule has 0 bridgehead atoms. The summed E-state index contributed by atoms with van der Waals surface area (Å²) in [6, 6.07) is 0. The number of aliphatic hydroxyl groups is 8. The SMILES string of the molecule is OC[C@H](O)[C@@H](O)[C@H](O)CO[C@H]1O[C@H](CO)[C@@H](O)[C@H](O)[C@H]1O. The van der Waals surface area contributed by atoms with Crippen LogP contribution in [0.4, 0.5) is 0 Å². The summed E-state index contributed by atoms with van der Waals surface area (Å²) in [7, 11) is 0. The first-order chi connectivity index (χ1) is 9.83. The zero-order valence-corrected chi connectivity index (χ0v) is 11.1. The highest BCUT2D eigenvalue weighted by molar-refractivity contribution is 4.89. The third kappa shape index (κ3) is 4.53. The van der Waals surface area contributed by atoms with Gasteiger partial charge in [0.1, 0.15) is 42.7 Å². The Bertz CT molecular complexity index is 301. The Labute approximate surface area is 120 Å². The van der Waals surface area contributed by atoms with Crippen LogP contribution in [-0.2, 0) is 9.47 Å². The molecule has 1 aliphatic rings. The maximum atomic E-state index is 9.65. The lowest BCUT2D eigenvalue weighted by Crippen LogP contribution is -2.59. The van der Waals surface area contributed by atoms with Crippen LogP contribution in [0.2, 0.25) is 0 Å². The van der Waals surface area contributed by atoms with E-state index < -0.39 is 68.8 Å². The minimum absolute atomic E-state index is 0.582. The molecule has 1 aliphatic heterocycles. The van der Waals surface area contributed by atoms with Crippen molar-refractivity contribution >= 4 is 0 Å². The third-order valence-corrected chi connectivity index (χ3v) is 3.26. The van der Waals surface area contributed by atoms with E-state index in [4.69, 9.17) is 24.8 Å². The van der Waals surface area contributed by atoms with Gasteiger partial charge in [-0.1, -0.05) is 0 Å². The van der Waals surface area contributed by atoms with Crippen LogP contribution in [0.25, 0.3) is 0 Å². The van der Waals surface area contributed by atoms with E-state index in [0.717, 1.165) is 0 Å². The number of hydrogen-bond donors (Lipinski definition) is 8. The van der Waals surface area contributed by atoms with Gasteiger partial charge in [0.05, 0.1) is 19.8 Å². The van der Waals surface area contributed by atoms with Crippen molar-refractivity contribution in [2.75, 3.05) is 19.8 Å². The minimum Gasteiger partial charge on any atom is -0.394 e. The molecule has 0 aromatic heterocycles. The van der Waals surface area contributed by atoms with Crippen LogP contribution in [-0.4, -0.2) is 110 Å². The van der Waals surface area contributed by atoms with Crippen LogP contribution in [0, 0.1) is 0 Å². The minimum atomic E-state index is -1.68. The van der Waals surface area contributed by atoms with Crippen LogP contribution < -0.4 is 0 Å². The van der Waals surface area contributed by atoms with E-state index in [9.17, 15) is 25.5 Å². The molecule has 0 spiro atoms. The fraction of sp³-hybridized carbons (Fsp3) is 1.00. The maximum Gasteiger partial charge on any atom is 0.186 e. The highest BCUT2D eigenvalue weighted by Crippen LogP contribution is 2.22. The molecule has 126 valence electrons. The van der Waals surface area contributed by atoms with Gasteiger partial charge in [0.2, 0.25) is 0 Å². The summed E-state index contributed by atoms with van der Waals surface area (Å²) in [5, 5.41) is 74.4. The smallest absolute Gasteiger partial charge is 0.186 e. The molecule has 1 heterocycles. The normalized spacial score (nSPS) is 38.0. The van der Waals surface area contributed by atoms with Gasteiger partial charge in [-0.3, -0.25) is 0 Å². The highest BCUT2D eigenvalue weighted by Gasteiger charge is 2.44. The number of aliphatic hydroxyl groups excluding tert-OH is 8. The number of ether oxygens (including phenoxy) is 2.